The third-order valence-electron chi connectivity index (χ3n) is 3.02. The molecule has 0 radical (unpaired) electrons. The molecule has 104 valence electrons. The van der Waals surface area contributed by atoms with Crippen LogP contribution in [0.15, 0.2) is 51.7 Å². The number of halogens is 2. The number of rotatable bonds is 1. The van der Waals surface area contributed by atoms with Gasteiger partial charge in [0, 0.05) is 15.4 Å². The Morgan fingerprint density at radius 3 is 2.62 bits per heavy atom. The second kappa shape index (κ2) is 5.21. The van der Waals surface area contributed by atoms with Crippen molar-refractivity contribution in [2.24, 2.45) is 0 Å². The maximum absolute atomic E-state index is 14.1. The Morgan fingerprint density at radius 2 is 1.86 bits per heavy atom. The van der Waals surface area contributed by atoms with Gasteiger partial charge in [-0.3, -0.25) is 4.79 Å². The normalized spacial score (nSPS) is 10.8. The van der Waals surface area contributed by atoms with Gasteiger partial charge in [0.1, 0.15) is 5.82 Å². The van der Waals surface area contributed by atoms with E-state index in [1.807, 2.05) is 0 Å². The van der Waals surface area contributed by atoms with Crippen LogP contribution in [0.1, 0.15) is 0 Å². The van der Waals surface area contributed by atoms with E-state index in [0.717, 1.165) is 4.47 Å². The molecule has 0 fully saturated rings. The zero-order chi connectivity index (χ0) is 15.0. The fraction of sp³-hybridized carbons (Fsp3) is 0. The molecule has 0 saturated heterocycles. The zero-order valence-electron chi connectivity index (χ0n) is 10.7. The highest BCUT2D eigenvalue weighted by atomic mass is 79.9. The minimum atomic E-state index is -0.634. The Balaban J connectivity index is 2.52. The zero-order valence-corrected chi connectivity index (χ0v) is 12.3. The molecule has 2 aromatic carbocycles. The molecule has 21 heavy (non-hydrogen) atoms. The summed E-state index contributed by atoms with van der Waals surface area (Å²) in [7, 11) is 0. The van der Waals surface area contributed by atoms with E-state index >= 15 is 0 Å². The summed E-state index contributed by atoms with van der Waals surface area (Å²) < 4.78 is 14.8. The van der Waals surface area contributed by atoms with Crippen LogP contribution >= 0.6 is 15.9 Å². The smallest absolute Gasteiger partial charge is 0.312 e. The van der Waals surface area contributed by atoms with Gasteiger partial charge in [-0.1, -0.05) is 28.1 Å². The predicted octanol–water partition coefficient (Wildman–Crippen LogP) is 3.14. The molecule has 0 aliphatic heterocycles. The number of nitrogens with zero attached hydrogens (tertiary/aromatic N) is 2. The first-order valence-corrected chi connectivity index (χ1v) is 6.87. The Kier molecular flexibility index (Phi) is 3.39. The topological polar surface area (TPSA) is 68.9 Å². The molecule has 0 unspecified atom stereocenters. The van der Waals surface area contributed by atoms with Gasteiger partial charge in [0.15, 0.2) is 5.82 Å². The molecule has 0 aliphatic carbocycles. The van der Waals surface area contributed by atoms with Crippen molar-refractivity contribution < 1.29 is 4.39 Å². The summed E-state index contributed by atoms with van der Waals surface area (Å²) in [5.74, 6) is -0.704. The van der Waals surface area contributed by atoms with E-state index in [2.05, 4.69) is 25.9 Å². The molecule has 0 aliphatic rings. The van der Waals surface area contributed by atoms with E-state index in [1.54, 1.807) is 36.4 Å². The van der Waals surface area contributed by atoms with Crippen molar-refractivity contribution in [1.82, 2.24) is 9.97 Å². The lowest BCUT2D eigenvalue weighted by atomic mass is 10.1. The minimum absolute atomic E-state index is 0.263. The number of fused-ring (bicyclic) bond motifs is 1. The summed E-state index contributed by atoms with van der Waals surface area (Å²) in [6.07, 6.45) is 0. The number of hydrogen-bond donors (Lipinski definition) is 1. The first-order chi connectivity index (χ1) is 10.1. The van der Waals surface area contributed by atoms with Gasteiger partial charge in [0.05, 0.1) is 11.2 Å². The highest BCUT2D eigenvalue weighted by Gasteiger charge is 2.12. The van der Waals surface area contributed by atoms with E-state index in [4.69, 9.17) is 5.73 Å². The Labute approximate surface area is 127 Å². The van der Waals surface area contributed by atoms with Gasteiger partial charge in [0.25, 0.3) is 0 Å². The van der Waals surface area contributed by atoms with Gasteiger partial charge in [0.2, 0.25) is 0 Å². The number of hydrogen-bond acceptors (Lipinski definition) is 4. The molecule has 0 saturated carbocycles. The first kappa shape index (κ1) is 13.6. The van der Waals surface area contributed by atoms with Gasteiger partial charge in [-0.25, -0.2) is 14.4 Å². The molecule has 2 N–H and O–H groups in total. The van der Waals surface area contributed by atoms with Crippen molar-refractivity contribution in [1.29, 1.82) is 0 Å². The van der Waals surface area contributed by atoms with Crippen LogP contribution in [-0.4, -0.2) is 9.97 Å². The van der Waals surface area contributed by atoms with Crippen molar-refractivity contribution in [3.05, 3.63) is 63.1 Å². The lowest BCUT2D eigenvalue weighted by molar-refractivity contribution is 0.631. The van der Waals surface area contributed by atoms with Crippen molar-refractivity contribution in [2.75, 3.05) is 5.73 Å². The monoisotopic (exact) mass is 345 g/mol. The van der Waals surface area contributed by atoms with Gasteiger partial charge in [-0.2, -0.15) is 0 Å². The van der Waals surface area contributed by atoms with Crippen LogP contribution in [0.25, 0.3) is 22.2 Å². The van der Waals surface area contributed by atoms with Crippen LogP contribution in [0.3, 0.4) is 0 Å². The Morgan fingerprint density at radius 1 is 1.10 bits per heavy atom. The van der Waals surface area contributed by atoms with Crippen molar-refractivity contribution in [3.8, 4) is 11.3 Å². The summed E-state index contributed by atoms with van der Waals surface area (Å²) in [6.45, 7) is 0. The second-order valence-electron chi connectivity index (χ2n) is 4.40. The minimum Gasteiger partial charge on any atom is -0.379 e. The molecule has 1 heterocycles. The number of nitrogen functional groups attached to an aromatic ring is 1. The fourth-order valence-corrected chi connectivity index (χ4v) is 2.41. The maximum Gasteiger partial charge on any atom is 0.312 e. The van der Waals surface area contributed by atoms with Crippen LogP contribution in [0.5, 0.6) is 0 Å². The Bertz CT molecular complexity index is 915. The Hall–Kier alpha value is -2.34. The fourth-order valence-electron chi connectivity index (χ4n) is 2.05. The lowest BCUT2D eigenvalue weighted by Gasteiger charge is -2.03. The summed E-state index contributed by atoms with van der Waals surface area (Å²) in [6, 6.07) is 11.3. The number of benzene rings is 2. The molecular formula is C15H9BrFN3O. The van der Waals surface area contributed by atoms with Crippen LogP contribution in [-0.2, 0) is 0 Å². The van der Waals surface area contributed by atoms with Crippen molar-refractivity contribution >= 4 is 32.7 Å². The molecule has 3 rings (SSSR count). The quantitative estimate of drug-likeness (QED) is 0.735. The van der Waals surface area contributed by atoms with Gasteiger partial charge in [-0.05, 0) is 30.3 Å². The maximum atomic E-state index is 14.1. The van der Waals surface area contributed by atoms with Crippen LogP contribution in [0.4, 0.5) is 10.2 Å². The van der Waals surface area contributed by atoms with Crippen LogP contribution in [0.2, 0.25) is 0 Å². The molecule has 0 atom stereocenters. The lowest BCUT2D eigenvalue weighted by Crippen LogP contribution is -2.09. The molecule has 3 aromatic rings. The largest absolute Gasteiger partial charge is 0.379 e. The second-order valence-corrected chi connectivity index (χ2v) is 5.32. The van der Waals surface area contributed by atoms with Crippen LogP contribution < -0.4 is 11.3 Å². The number of nitrogens with two attached hydrogens (primary N) is 1. The van der Waals surface area contributed by atoms with E-state index in [-0.39, 0.29) is 17.1 Å². The molecule has 4 nitrogen and oxygen atoms in total. The van der Waals surface area contributed by atoms with Gasteiger partial charge >= 0.3 is 5.56 Å². The van der Waals surface area contributed by atoms with E-state index in [0.29, 0.717) is 10.9 Å². The van der Waals surface area contributed by atoms with E-state index < -0.39 is 11.4 Å². The van der Waals surface area contributed by atoms with Crippen LogP contribution in [0, 0.1) is 5.82 Å². The third-order valence-corrected chi connectivity index (χ3v) is 3.51. The average Bonchev–Trinajstić information content (AvgIpc) is 2.58. The summed E-state index contributed by atoms with van der Waals surface area (Å²) in [4.78, 5) is 19.8. The van der Waals surface area contributed by atoms with Crippen molar-refractivity contribution in [3.63, 3.8) is 0 Å². The summed E-state index contributed by atoms with van der Waals surface area (Å²) in [5.41, 5.74) is 5.96. The first-order valence-electron chi connectivity index (χ1n) is 6.08. The molecule has 6 heteroatoms. The molecule has 0 amide bonds. The summed E-state index contributed by atoms with van der Waals surface area (Å²) >= 11 is 3.35. The highest BCUT2D eigenvalue weighted by molar-refractivity contribution is 9.10. The molecule has 0 bridgehead atoms. The van der Waals surface area contributed by atoms with Crippen molar-refractivity contribution in [2.45, 2.75) is 0 Å². The van der Waals surface area contributed by atoms with E-state index in [1.165, 1.54) is 6.07 Å². The third kappa shape index (κ3) is 2.50. The molecule has 0 spiro atoms. The average molecular weight is 346 g/mol. The standard InChI is InChI=1S/C15H9BrFN3O/c16-8-5-6-12-10(7-8)13(20-14(18)15(21)19-12)9-3-1-2-4-11(9)17/h1-7H,(H2,18,19,20,21). The predicted molar refractivity (Wildman–Crippen MR) is 83.3 cm³/mol. The number of anilines is 1. The molecular weight excluding hydrogens is 337 g/mol. The van der Waals surface area contributed by atoms with Gasteiger partial charge in [-0.15, -0.1) is 0 Å². The summed E-state index contributed by atoms with van der Waals surface area (Å²) in [5, 5.41) is 0.545. The van der Waals surface area contributed by atoms with Gasteiger partial charge < -0.3 is 5.73 Å². The SMILES string of the molecule is Nc1nc(-c2ccccc2F)c2cc(Br)ccc2nc1=O. The molecule has 1 aromatic heterocycles. The highest BCUT2D eigenvalue weighted by Crippen LogP contribution is 2.29. The van der Waals surface area contributed by atoms with E-state index in [9.17, 15) is 9.18 Å². The number of aromatic nitrogens is 2.